The SMILES string of the molecule is Cc1oc(-c2ccc3ccccc3c2)nc1CSc1nc(N)c(C#N)c(-c2ccc(OC[C@@H](O)CO)cc2)c1C#N. The molecule has 9 nitrogen and oxygen atoms in total. The molecule has 1 atom stereocenters. The third kappa shape index (κ3) is 5.86. The molecule has 204 valence electrons. The predicted molar refractivity (Wildman–Crippen MR) is 156 cm³/mol. The summed E-state index contributed by atoms with van der Waals surface area (Å²) in [5.41, 5.74) is 9.03. The molecule has 3 aromatic carbocycles. The molecule has 0 unspecified atom stereocenters. The van der Waals surface area contributed by atoms with Crippen LogP contribution in [-0.4, -0.2) is 39.5 Å². The summed E-state index contributed by atoms with van der Waals surface area (Å²) in [5.74, 6) is 2.01. The van der Waals surface area contributed by atoms with E-state index in [1.807, 2.05) is 49.4 Å². The summed E-state index contributed by atoms with van der Waals surface area (Å²) in [7, 11) is 0. The number of nitrogen functional groups attached to an aromatic ring is 1. The van der Waals surface area contributed by atoms with E-state index in [0.717, 1.165) is 16.3 Å². The Morgan fingerprint density at radius 3 is 2.39 bits per heavy atom. The monoisotopic (exact) mass is 563 g/mol. The van der Waals surface area contributed by atoms with E-state index in [1.54, 1.807) is 24.3 Å². The number of nitrogens with two attached hydrogens (primary N) is 1. The van der Waals surface area contributed by atoms with Gasteiger partial charge in [0.1, 0.15) is 52.8 Å². The molecule has 41 heavy (non-hydrogen) atoms. The minimum Gasteiger partial charge on any atom is -0.491 e. The molecule has 4 N–H and O–H groups in total. The molecular weight excluding hydrogens is 538 g/mol. The van der Waals surface area contributed by atoms with Gasteiger partial charge in [-0.2, -0.15) is 10.5 Å². The Morgan fingerprint density at radius 2 is 1.68 bits per heavy atom. The number of fused-ring (bicyclic) bond motifs is 1. The van der Waals surface area contributed by atoms with Crippen molar-refractivity contribution in [3.8, 4) is 40.5 Å². The number of nitrogens with zero attached hydrogens (tertiary/aromatic N) is 4. The zero-order valence-electron chi connectivity index (χ0n) is 22.0. The molecule has 2 heterocycles. The lowest BCUT2D eigenvalue weighted by Gasteiger charge is -2.14. The van der Waals surface area contributed by atoms with Crippen molar-refractivity contribution in [1.29, 1.82) is 10.5 Å². The van der Waals surface area contributed by atoms with Crippen molar-refractivity contribution in [2.75, 3.05) is 18.9 Å². The number of aliphatic hydroxyl groups excluding tert-OH is 2. The van der Waals surface area contributed by atoms with Gasteiger partial charge in [0.2, 0.25) is 5.89 Å². The van der Waals surface area contributed by atoms with Crippen molar-refractivity contribution in [3.05, 3.63) is 89.3 Å². The molecule has 0 saturated carbocycles. The number of anilines is 1. The van der Waals surface area contributed by atoms with Crippen molar-refractivity contribution >= 4 is 28.4 Å². The van der Waals surface area contributed by atoms with Gasteiger partial charge in [0.05, 0.1) is 17.9 Å². The van der Waals surface area contributed by atoms with E-state index in [1.165, 1.54) is 11.8 Å². The van der Waals surface area contributed by atoms with Crippen LogP contribution in [0.15, 0.2) is 76.2 Å². The van der Waals surface area contributed by atoms with Crippen LogP contribution in [0.4, 0.5) is 5.82 Å². The first-order valence-electron chi connectivity index (χ1n) is 12.7. The number of aromatic nitrogens is 2. The normalized spacial score (nSPS) is 11.6. The number of pyridine rings is 1. The molecule has 0 amide bonds. The number of hydrogen-bond donors (Lipinski definition) is 3. The van der Waals surface area contributed by atoms with Crippen LogP contribution in [0.1, 0.15) is 22.6 Å². The first-order chi connectivity index (χ1) is 19.9. The lowest BCUT2D eigenvalue weighted by molar-refractivity contribution is 0.0536. The molecule has 0 bridgehead atoms. The van der Waals surface area contributed by atoms with Crippen molar-refractivity contribution in [2.24, 2.45) is 0 Å². The molecule has 0 spiro atoms. The van der Waals surface area contributed by atoms with E-state index < -0.39 is 12.7 Å². The zero-order valence-corrected chi connectivity index (χ0v) is 22.9. The fourth-order valence-electron chi connectivity index (χ4n) is 4.30. The third-order valence-electron chi connectivity index (χ3n) is 6.45. The van der Waals surface area contributed by atoms with Gasteiger partial charge in [-0.05, 0) is 47.5 Å². The number of hydrogen-bond acceptors (Lipinski definition) is 10. The molecule has 5 rings (SSSR count). The maximum atomic E-state index is 10.1. The molecule has 10 heteroatoms. The first kappa shape index (κ1) is 27.7. The number of oxazole rings is 1. The molecule has 0 aliphatic rings. The van der Waals surface area contributed by atoms with Crippen molar-refractivity contribution in [2.45, 2.75) is 23.8 Å². The summed E-state index contributed by atoms with van der Waals surface area (Å²) in [6.45, 7) is 1.36. The Labute approximate surface area is 240 Å². The Hall–Kier alpha value is -4.87. The van der Waals surface area contributed by atoms with Crippen LogP contribution in [0.2, 0.25) is 0 Å². The quantitative estimate of drug-likeness (QED) is 0.203. The van der Waals surface area contributed by atoms with Gasteiger partial charge in [-0.1, -0.05) is 54.2 Å². The highest BCUT2D eigenvalue weighted by atomic mass is 32.2. The maximum Gasteiger partial charge on any atom is 0.226 e. The number of nitriles is 2. The maximum absolute atomic E-state index is 10.1. The Morgan fingerprint density at radius 1 is 0.976 bits per heavy atom. The number of benzene rings is 3. The van der Waals surface area contributed by atoms with Crippen LogP contribution in [0.5, 0.6) is 5.75 Å². The molecule has 2 aromatic heterocycles. The van der Waals surface area contributed by atoms with Crippen molar-refractivity contribution < 1.29 is 19.4 Å². The summed E-state index contributed by atoms with van der Waals surface area (Å²) >= 11 is 1.29. The number of rotatable bonds is 9. The van der Waals surface area contributed by atoms with Gasteiger partial charge in [-0.3, -0.25) is 0 Å². The van der Waals surface area contributed by atoms with Crippen LogP contribution in [-0.2, 0) is 5.75 Å². The summed E-state index contributed by atoms with van der Waals surface area (Å²) in [4.78, 5) is 9.09. The second kappa shape index (κ2) is 12.1. The number of aliphatic hydroxyl groups is 2. The molecular formula is C31H25N5O4S. The van der Waals surface area contributed by atoms with Gasteiger partial charge in [0, 0.05) is 16.9 Å². The molecule has 0 aliphatic heterocycles. The summed E-state index contributed by atoms with van der Waals surface area (Å²) in [6, 6.07) is 25.1. The molecule has 5 aromatic rings. The van der Waals surface area contributed by atoms with E-state index in [9.17, 15) is 15.6 Å². The lowest BCUT2D eigenvalue weighted by atomic mass is 9.97. The molecule has 0 fully saturated rings. The van der Waals surface area contributed by atoms with Crippen molar-refractivity contribution in [3.63, 3.8) is 0 Å². The highest BCUT2D eigenvalue weighted by Crippen LogP contribution is 2.38. The van der Waals surface area contributed by atoms with Crippen LogP contribution < -0.4 is 10.5 Å². The standard InChI is InChI=1S/C31H25N5O4S/c1-18-27(35-30(40-18)22-7-6-19-4-2-3-5-21(19)12-22)17-41-31-26(14-33)28(25(13-32)29(34)36-31)20-8-10-24(11-9-20)39-16-23(38)15-37/h2-12,23,37-38H,15-17H2,1H3,(H2,34,36)/t23-/m0/s1. The summed E-state index contributed by atoms with van der Waals surface area (Å²) < 4.78 is 11.4. The van der Waals surface area contributed by atoms with Gasteiger partial charge in [0.15, 0.2) is 0 Å². The zero-order chi connectivity index (χ0) is 28.9. The molecule has 0 radical (unpaired) electrons. The fraction of sp³-hybridized carbons (Fsp3) is 0.161. The predicted octanol–water partition coefficient (Wildman–Crippen LogP) is 5.22. The van der Waals surface area contributed by atoms with E-state index in [0.29, 0.717) is 45.0 Å². The third-order valence-corrected chi connectivity index (χ3v) is 7.43. The highest BCUT2D eigenvalue weighted by molar-refractivity contribution is 7.98. The van der Waals surface area contributed by atoms with Crippen LogP contribution in [0, 0.1) is 29.6 Å². The van der Waals surface area contributed by atoms with E-state index >= 15 is 0 Å². The Kier molecular flexibility index (Phi) is 8.18. The van der Waals surface area contributed by atoms with Crippen molar-refractivity contribution in [1.82, 2.24) is 9.97 Å². The summed E-state index contributed by atoms with van der Waals surface area (Å²) in [6.07, 6.45) is -0.998. The highest BCUT2D eigenvalue weighted by Gasteiger charge is 2.22. The number of thioether (sulfide) groups is 1. The number of ether oxygens (including phenoxy) is 1. The lowest BCUT2D eigenvalue weighted by Crippen LogP contribution is -2.21. The number of aryl methyl sites for hydroxylation is 1. The minimum atomic E-state index is -0.998. The first-order valence-corrected chi connectivity index (χ1v) is 13.6. The van der Waals surface area contributed by atoms with E-state index in [2.05, 4.69) is 17.1 Å². The van der Waals surface area contributed by atoms with Gasteiger partial charge in [0.25, 0.3) is 0 Å². The smallest absolute Gasteiger partial charge is 0.226 e. The van der Waals surface area contributed by atoms with Gasteiger partial charge >= 0.3 is 0 Å². The topological polar surface area (TPSA) is 162 Å². The summed E-state index contributed by atoms with van der Waals surface area (Å²) in [5, 5.41) is 41.0. The van der Waals surface area contributed by atoms with Gasteiger partial charge in [-0.25, -0.2) is 9.97 Å². The second-order valence-electron chi connectivity index (χ2n) is 9.20. The average Bonchev–Trinajstić information content (AvgIpc) is 3.38. The minimum absolute atomic E-state index is 0.0177. The Bertz CT molecular complexity index is 1810. The fourth-order valence-corrected chi connectivity index (χ4v) is 5.29. The second-order valence-corrected chi connectivity index (χ2v) is 10.2. The van der Waals surface area contributed by atoms with Crippen LogP contribution in [0.25, 0.3) is 33.4 Å². The van der Waals surface area contributed by atoms with E-state index in [-0.39, 0.29) is 23.6 Å². The largest absolute Gasteiger partial charge is 0.491 e. The molecule has 0 aliphatic carbocycles. The Balaban J connectivity index is 1.42. The molecule has 0 saturated heterocycles. The van der Waals surface area contributed by atoms with Crippen LogP contribution in [0.3, 0.4) is 0 Å². The van der Waals surface area contributed by atoms with Crippen LogP contribution >= 0.6 is 11.8 Å². The van der Waals surface area contributed by atoms with Gasteiger partial charge in [-0.15, -0.1) is 0 Å². The average molecular weight is 564 g/mol. The van der Waals surface area contributed by atoms with E-state index in [4.69, 9.17) is 25.0 Å². The van der Waals surface area contributed by atoms with Gasteiger partial charge < -0.3 is 25.1 Å².